The Kier molecular flexibility index (Phi) is 4.98. The normalized spacial score (nSPS) is 12.5. The molecule has 0 radical (unpaired) electrons. The Hall–Kier alpha value is -3.34. The number of hydrogen-bond acceptors (Lipinski definition) is 4. The van der Waals surface area contributed by atoms with Crippen molar-refractivity contribution in [2.75, 3.05) is 5.32 Å². The number of carbonyl (C=O) groups excluding carboxylic acids is 2. The lowest BCUT2D eigenvalue weighted by molar-refractivity contribution is 0.0990. The summed E-state index contributed by atoms with van der Waals surface area (Å²) in [6.45, 7) is 1.72. The van der Waals surface area contributed by atoms with E-state index in [9.17, 15) is 9.59 Å². The number of amides is 1. The number of fused-ring (bicyclic) bond motifs is 1. The number of rotatable bonds is 6. The van der Waals surface area contributed by atoms with Crippen molar-refractivity contribution in [1.82, 2.24) is 0 Å². The van der Waals surface area contributed by atoms with Crippen molar-refractivity contribution in [3.05, 3.63) is 82.8 Å². The fourth-order valence-corrected chi connectivity index (χ4v) is 3.36. The van der Waals surface area contributed by atoms with Crippen LogP contribution in [0, 0.1) is 0 Å². The molecule has 0 atom stereocenters. The third-order valence-electron chi connectivity index (χ3n) is 4.88. The number of nitrogens with one attached hydrogen (secondary N) is 1. The molecule has 142 valence electrons. The molecule has 0 spiro atoms. The van der Waals surface area contributed by atoms with E-state index in [4.69, 9.17) is 9.15 Å². The van der Waals surface area contributed by atoms with Crippen LogP contribution in [0.2, 0.25) is 0 Å². The summed E-state index contributed by atoms with van der Waals surface area (Å²) in [5.41, 5.74) is 4.09. The van der Waals surface area contributed by atoms with Crippen molar-refractivity contribution in [2.24, 2.45) is 0 Å². The quantitative estimate of drug-likeness (QED) is 0.628. The molecule has 0 saturated heterocycles. The third-order valence-corrected chi connectivity index (χ3v) is 4.88. The number of furan rings is 1. The minimum atomic E-state index is -0.282. The molecule has 0 unspecified atom stereocenters. The average Bonchev–Trinajstić information content (AvgIpc) is 3.35. The van der Waals surface area contributed by atoms with Crippen molar-refractivity contribution in [3.63, 3.8) is 0 Å². The van der Waals surface area contributed by atoms with Crippen LogP contribution in [-0.4, -0.2) is 11.7 Å². The van der Waals surface area contributed by atoms with Gasteiger partial charge in [0.05, 0.1) is 0 Å². The van der Waals surface area contributed by atoms with E-state index in [1.807, 2.05) is 12.1 Å². The van der Waals surface area contributed by atoms with E-state index in [1.54, 1.807) is 36.4 Å². The number of anilines is 1. The lowest BCUT2D eigenvalue weighted by Gasteiger charge is -2.06. The first-order chi connectivity index (χ1) is 13.6. The molecule has 1 amide bonds. The molecule has 5 heteroatoms. The van der Waals surface area contributed by atoms with Gasteiger partial charge in [-0.05, 0) is 85.8 Å². The third kappa shape index (κ3) is 3.98. The first-order valence-electron chi connectivity index (χ1n) is 9.34. The molecule has 2 aromatic carbocycles. The zero-order valence-electron chi connectivity index (χ0n) is 15.7. The molecule has 1 aliphatic rings. The van der Waals surface area contributed by atoms with Crippen LogP contribution in [0.5, 0.6) is 5.75 Å². The first-order valence-corrected chi connectivity index (χ1v) is 9.34. The molecule has 5 nitrogen and oxygen atoms in total. The van der Waals surface area contributed by atoms with Gasteiger partial charge in [0.2, 0.25) is 0 Å². The summed E-state index contributed by atoms with van der Waals surface area (Å²) in [5.74, 6) is 1.15. The smallest absolute Gasteiger partial charge is 0.291 e. The summed E-state index contributed by atoms with van der Waals surface area (Å²) in [6, 6.07) is 16.3. The number of carbonyl (C=O) groups is 2. The summed E-state index contributed by atoms with van der Waals surface area (Å²) in [6.07, 6.45) is 3.35. The van der Waals surface area contributed by atoms with Crippen LogP contribution in [0.1, 0.15) is 51.1 Å². The Labute approximate surface area is 163 Å². The molecule has 0 bridgehead atoms. The van der Waals surface area contributed by atoms with Gasteiger partial charge in [-0.1, -0.05) is 6.07 Å². The zero-order valence-corrected chi connectivity index (χ0v) is 15.7. The van der Waals surface area contributed by atoms with Crippen LogP contribution in [0.3, 0.4) is 0 Å². The lowest BCUT2D eigenvalue weighted by atomic mass is 10.1. The number of hydrogen-bond donors (Lipinski definition) is 1. The van der Waals surface area contributed by atoms with Gasteiger partial charge < -0.3 is 14.5 Å². The molecule has 1 aromatic heterocycles. The van der Waals surface area contributed by atoms with Gasteiger partial charge in [-0.15, -0.1) is 0 Å². The molecule has 0 aliphatic heterocycles. The van der Waals surface area contributed by atoms with Crippen molar-refractivity contribution in [1.29, 1.82) is 0 Å². The fraction of sp³-hybridized carbons (Fsp3) is 0.217. The number of ketones is 1. The van der Waals surface area contributed by atoms with Crippen molar-refractivity contribution in [2.45, 2.75) is 32.8 Å². The van der Waals surface area contributed by atoms with Crippen LogP contribution in [0.25, 0.3) is 0 Å². The topological polar surface area (TPSA) is 68.5 Å². The van der Waals surface area contributed by atoms with Gasteiger partial charge in [-0.3, -0.25) is 9.59 Å². The zero-order chi connectivity index (χ0) is 19.5. The van der Waals surface area contributed by atoms with Crippen LogP contribution in [0.15, 0.2) is 59.0 Å². The van der Waals surface area contributed by atoms with Crippen LogP contribution >= 0.6 is 0 Å². The summed E-state index contributed by atoms with van der Waals surface area (Å²) < 4.78 is 11.3. The van der Waals surface area contributed by atoms with E-state index >= 15 is 0 Å². The highest BCUT2D eigenvalue weighted by molar-refractivity contribution is 6.02. The van der Waals surface area contributed by atoms with Gasteiger partial charge in [0.25, 0.3) is 5.91 Å². The number of ether oxygens (including phenoxy) is 1. The maximum atomic E-state index is 12.4. The Balaban J connectivity index is 1.35. The minimum Gasteiger partial charge on any atom is -0.486 e. The number of aryl methyl sites for hydroxylation is 2. The predicted octanol–water partition coefficient (Wildman–Crippen LogP) is 4.80. The highest BCUT2D eigenvalue weighted by Crippen LogP contribution is 2.25. The van der Waals surface area contributed by atoms with Gasteiger partial charge in [-0.25, -0.2) is 0 Å². The maximum Gasteiger partial charge on any atom is 0.291 e. The first kappa shape index (κ1) is 18.0. The molecular formula is C23H21NO4. The fourth-order valence-electron chi connectivity index (χ4n) is 3.36. The number of Topliss-reactive ketones (excluding diaryl/α,β-unsaturated/α-hetero) is 1. The van der Waals surface area contributed by atoms with Crippen LogP contribution < -0.4 is 10.1 Å². The standard InChI is InChI=1S/C23H21NO4/c1-15(25)16-6-9-20(10-7-16)27-14-21-11-12-22(28-21)23(26)24-19-8-5-17-3-2-4-18(17)13-19/h5-13H,2-4,14H2,1H3,(H,24,26). The second kappa shape index (κ2) is 7.72. The van der Waals surface area contributed by atoms with E-state index in [0.717, 1.165) is 18.5 Å². The largest absolute Gasteiger partial charge is 0.486 e. The molecule has 1 heterocycles. The molecule has 0 saturated carbocycles. The Morgan fingerprint density at radius 2 is 1.79 bits per heavy atom. The molecule has 0 fully saturated rings. The van der Waals surface area contributed by atoms with Crippen LogP contribution in [-0.2, 0) is 19.4 Å². The second-order valence-corrected chi connectivity index (χ2v) is 6.93. The van der Waals surface area contributed by atoms with Gasteiger partial charge in [0.1, 0.15) is 18.1 Å². The summed E-state index contributed by atoms with van der Waals surface area (Å²) in [7, 11) is 0. The summed E-state index contributed by atoms with van der Waals surface area (Å²) in [4.78, 5) is 23.7. The molecule has 28 heavy (non-hydrogen) atoms. The van der Waals surface area contributed by atoms with Crippen molar-refractivity contribution >= 4 is 17.4 Å². The summed E-state index contributed by atoms with van der Waals surface area (Å²) >= 11 is 0. The highest BCUT2D eigenvalue weighted by Gasteiger charge is 2.15. The van der Waals surface area contributed by atoms with E-state index < -0.39 is 0 Å². The lowest BCUT2D eigenvalue weighted by Crippen LogP contribution is -2.11. The maximum absolute atomic E-state index is 12.4. The predicted molar refractivity (Wildman–Crippen MR) is 106 cm³/mol. The SMILES string of the molecule is CC(=O)c1ccc(OCc2ccc(C(=O)Nc3ccc4c(c3)CCC4)o2)cc1. The van der Waals surface area contributed by atoms with Gasteiger partial charge in [-0.2, -0.15) is 0 Å². The van der Waals surface area contributed by atoms with Crippen LogP contribution in [0.4, 0.5) is 5.69 Å². The van der Waals surface area contributed by atoms with Crippen molar-refractivity contribution in [3.8, 4) is 5.75 Å². The molecule has 3 aromatic rings. The highest BCUT2D eigenvalue weighted by atomic mass is 16.5. The summed E-state index contributed by atoms with van der Waals surface area (Å²) in [5, 5.41) is 2.89. The van der Waals surface area contributed by atoms with E-state index in [2.05, 4.69) is 11.4 Å². The van der Waals surface area contributed by atoms with E-state index in [1.165, 1.54) is 24.5 Å². The minimum absolute atomic E-state index is 0.0107. The van der Waals surface area contributed by atoms with Gasteiger partial charge in [0.15, 0.2) is 11.5 Å². The second-order valence-electron chi connectivity index (χ2n) is 6.93. The van der Waals surface area contributed by atoms with E-state index in [0.29, 0.717) is 17.1 Å². The Morgan fingerprint density at radius 1 is 1.00 bits per heavy atom. The average molecular weight is 375 g/mol. The van der Waals surface area contributed by atoms with Gasteiger partial charge in [0, 0.05) is 11.3 Å². The Morgan fingerprint density at radius 3 is 2.57 bits per heavy atom. The van der Waals surface area contributed by atoms with Crippen molar-refractivity contribution < 1.29 is 18.7 Å². The molecular weight excluding hydrogens is 354 g/mol. The molecule has 4 rings (SSSR count). The molecule has 1 aliphatic carbocycles. The van der Waals surface area contributed by atoms with E-state index in [-0.39, 0.29) is 24.1 Å². The monoisotopic (exact) mass is 375 g/mol. The Bertz CT molecular complexity index is 1020. The number of benzene rings is 2. The van der Waals surface area contributed by atoms with Gasteiger partial charge >= 0.3 is 0 Å². The molecule has 1 N–H and O–H groups in total.